The number of methoxy groups -OCH3 is 2. The van der Waals surface area contributed by atoms with E-state index in [0.29, 0.717) is 23.6 Å². The first-order valence-corrected chi connectivity index (χ1v) is 8.95. The second kappa shape index (κ2) is 8.47. The van der Waals surface area contributed by atoms with Crippen LogP contribution in [-0.4, -0.2) is 44.1 Å². The summed E-state index contributed by atoms with van der Waals surface area (Å²) < 4.78 is 10.4. The van der Waals surface area contributed by atoms with E-state index in [1.165, 1.54) is 14.2 Å². The van der Waals surface area contributed by atoms with E-state index in [9.17, 15) is 9.59 Å². The maximum absolute atomic E-state index is 12.7. The molecule has 0 aliphatic carbocycles. The summed E-state index contributed by atoms with van der Waals surface area (Å²) in [6.07, 6.45) is 1.86. The SMILES string of the molecule is CCN(C(=O)CNC(=O)c1ccc(OC)c(OC)c1)c1ccc2[nH]ccc2c1. The number of nitrogens with one attached hydrogen (secondary N) is 2. The molecule has 0 saturated heterocycles. The van der Waals surface area contributed by atoms with Crippen molar-refractivity contribution in [1.29, 1.82) is 0 Å². The number of aromatic amines is 1. The summed E-state index contributed by atoms with van der Waals surface area (Å²) in [5.74, 6) is 0.446. The number of hydrogen-bond donors (Lipinski definition) is 2. The molecule has 1 aromatic heterocycles. The van der Waals surface area contributed by atoms with Crippen molar-refractivity contribution in [2.45, 2.75) is 6.92 Å². The van der Waals surface area contributed by atoms with Gasteiger partial charge >= 0.3 is 0 Å². The maximum atomic E-state index is 12.7. The zero-order chi connectivity index (χ0) is 20.1. The lowest BCUT2D eigenvalue weighted by molar-refractivity contribution is -0.117. The molecule has 0 saturated carbocycles. The summed E-state index contributed by atoms with van der Waals surface area (Å²) in [6.45, 7) is 2.29. The van der Waals surface area contributed by atoms with Crippen LogP contribution in [0.15, 0.2) is 48.7 Å². The zero-order valence-corrected chi connectivity index (χ0v) is 16.1. The largest absolute Gasteiger partial charge is 0.493 e. The molecule has 2 aromatic carbocycles. The number of fused-ring (bicyclic) bond motifs is 1. The van der Waals surface area contributed by atoms with E-state index in [2.05, 4.69) is 10.3 Å². The van der Waals surface area contributed by atoms with E-state index in [1.54, 1.807) is 23.1 Å². The van der Waals surface area contributed by atoms with Gasteiger partial charge in [0, 0.05) is 34.9 Å². The van der Waals surface area contributed by atoms with Crippen LogP contribution in [0.25, 0.3) is 10.9 Å². The fraction of sp³-hybridized carbons (Fsp3) is 0.238. The highest BCUT2D eigenvalue weighted by atomic mass is 16.5. The molecule has 3 aromatic rings. The Balaban J connectivity index is 1.68. The van der Waals surface area contributed by atoms with Crippen molar-refractivity contribution in [3.63, 3.8) is 0 Å². The smallest absolute Gasteiger partial charge is 0.251 e. The first-order chi connectivity index (χ1) is 13.6. The third kappa shape index (κ3) is 3.93. The Morgan fingerprint density at radius 2 is 1.82 bits per heavy atom. The zero-order valence-electron chi connectivity index (χ0n) is 16.1. The van der Waals surface area contributed by atoms with Gasteiger partial charge in [-0.1, -0.05) is 0 Å². The van der Waals surface area contributed by atoms with Crippen molar-refractivity contribution in [2.24, 2.45) is 0 Å². The predicted octanol–water partition coefficient (Wildman–Crippen LogP) is 2.97. The minimum absolute atomic E-state index is 0.105. The van der Waals surface area contributed by atoms with Crippen LogP contribution in [0.4, 0.5) is 5.69 Å². The lowest BCUT2D eigenvalue weighted by Crippen LogP contribution is -2.40. The van der Waals surface area contributed by atoms with Crippen molar-refractivity contribution in [1.82, 2.24) is 10.3 Å². The van der Waals surface area contributed by atoms with Gasteiger partial charge in [-0.2, -0.15) is 0 Å². The molecule has 7 heteroatoms. The summed E-state index contributed by atoms with van der Waals surface area (Å²) in [4.78, 5) is 29.9. The molecular formula is C21H23N3O4. The van der Waals surface area contributed by atoms with Crippen LogP contribution in [0.2, 0.25) is 0 Å². The molecule has 0 spiro atoms. The Morgan fingerprint density at radius 1 is 1.04 bits per heavy atom. The van der Waals surface area contributed by atoms with Crippen LogP contribution in [0.5, 0.6) is 11.5 Å². The van der Waals surface area contributed by atoms with Gasteiger partial charge in [0.05, 0.1) is 20.8 Å². The Morgan fingerprint density at radius 3 is 2.54 bits per heavy atom. The van der Waals surface area contributed by atoms with Gasteiger partial charge in [0.25, 0.3) is 5.91 Å². The topological polar surface area (TPSA) is 83.7 Å². The summed E-state index contributed by atoms with van der Waals surface area (Å²) in [5, 5.41) is 3.70. The van der Waals surface area contributed by atoms with Crippen LogP contribution in [0, 0.1) is 0 Å². The maximum Gasteiger partial charge on any atom is 0.251 e. The van der Waals surface area contributed by atoms with Crippen molar-refractivity contribution in [3.8, 4) is 11.5 Å². The molecule has 0 unspecified atom stereocenters. The van der Waals surface area contributed by atoms with Gasteiger partial charge in [0.15, 0.2) is 11.5 Å². The van der Waals surface area contributed by atoms with Crippen LogP contribution in [0.1, 0.15) is 17.3 Å². The van der Waals surface area contributed by atoms with E-state index in [4.69, 9.17) is 9.47 Å². The van der Waals surface area contributed by atoms with Gasteiger partial charge in [-0.05, 0) is 49.4 Å². The molecule has 2 N–H and O–H groups in total. The molecule has 146 valence electrons. The average molecular weight is 381 g/mol. The molecule has 2 amide bonds. The molecule has 0 atom stereocenters. The summed E-state index contributed by atoms with van der Waals surface area (Å²) >= 11 is 0. The average Bonchev–Trinajstić information content (AvgIpc) is 3.20. The second-order valence-electron chi connectivity index (χ2n) is 6.14. The number of carbonyl (C=O) groups excluding carboxylic acids is 2. The molecule has 0 bridgehead atoms. The van der Waals surface area contributed by atoms with Crippen molar-refractivity contribution in [3.05, 3.63) is 54.2 Å². The van der Waals surface area contributed by atoms with Crippen LogP contribution in [0.3, 0.4) is 0 Å². The fourth-order valence-electron chi connectivity index (χ4n) is 3.04. The number of benzene rings is 2. The number of ether oxygens (including phenoxy) is 2. The Bertz CT molecular complexity index is 996. The van der Waals surface area contributed by atoms with E-state index < -0.39 is 0 Å². The highest BCUT2D eigenvalue weighted by Crippen LogP contribution is 2.27. The fourth-order valence-corrected chi connectivity index (χ4v) is 3.04. The number of hydrogen-bond acceptors (Lipinski definition) is 4. The van der Waals surface area contributed by atoms with Crippen molar-refractivity contribution < 1.29 is 19.1 Å². The summed E-state index contributed by atoms with van der Waals surface area (Å²) in [7, 11) is 3.03. The third-order valence-corrected chi connectivity index (χ3v) is 4.51. The molecule has 28 heavy (non-hydrogen) atoms. The molecule has 0 aliphatic rings. The van der Waals surface area contributed by atoms with Gasteiger partial charge in [-0.3, -0.25) is 9.59 Å². The number of carbonyl (C=O) groups is 2. The minimum Gasteiger partial charge on any atom is -0.493 e. The van der Waals surface area contributed by atoms with Gasteiger partial charge in [-0.25, -0.2) is 0 Å². The van der Waals surface area contributed by atoms with Gasteiger partial charge in [0.1, 0.15) is 0 Å². The molecule has 0 aliphatic heterocycles. The van der Waals surface area contributed by atoms with E-state index >= 15 is 0 Å². The molecular weight excluding hydrogens is 358 g/mol. The van der Waals surface area contributed by atoms with Gasteiger partial charge in [-0.15, -0.1) is 0 Å². The third-order valence-electron chi connectivity index (χ3n) is 4.51. The Kier molecular flexibility index (Phi) is 5.84. The normalized spacial score (nSPS) is 10.5. The van der Waals surface area contributed by atoms with Crippen LogP contribution < -0.4 is 19.7 Å². The highest BCUT2D eigenvalue weighted by molar-refractivity contribution is 6.01. The standard InChI is InChI=1S/C21H23N3O4/c1-4-24(16-6-7-17-14(11-16)9-10-22-17)20(25)13-23-21(26)15-5-8-18(27-2)19(12-15)28-3/h5-12,22H,4,13H2,1-3H3,(H,23,26). The van der Waals surface area contributed by atoms with Crippen LogP contribution in [-0.2, 0) is 4.79 Å². The molecule has 7 nitrogen and oxygen atoms in total. The van der Waals surface area contributed by atoms with E-state index in [-0.39, 0.29) is 18.4 Å². The summed E-state index contributed by atoms with van der Waals surface area (Å²) in [5.41, 5.74) is 2.19. The number of anilines is 1. The first-order valence-electron chi connectivity index (χ1n) is 8.95. The number of rotatable bonds is 7. The Hall–Kier alpha value is -3.48. The highest BCUT2D eigenvalue weighted by Gasteiger charge is 2.17. The predicted molar refractivity (Wildman–Crippen MR) is 108 cm³/mol. The quantitative estimate of drug-likeness (QED) is 0.659. The van der Waals surface area contributed by atoms with Crippen molar-refractivity contribution >= 4 is 28.4 Å². The monoisotopic (exact) mass is 381 g/mol. The number of amides is 2. The lowest BCUT2D eigenvalue weighted by atomic mass is 10.2. The first kappa shape index (κ1) is 19.3. The number of aromatic nitrogens is 1. The Labute approximate surface area is 163 Å². The van der Waals surface area contributed by atoms with Crippen molar-refractivity contribution in [2.75, 3.05) is 32.2 Å². The number of likely N-dealkylation sites (N-methyl/N-ethyl adjacent to an activating group) is 1. The molecule has 0 fully saturated rings. The molecule has 1 heterocycles. The summed E-state index contributed by atoms with van der Waals surface area (Å²) in [6, 6.07) is 12.6. The lowest BCUT2D eigenvalue weighted by Gasteiger charge is -2.21. The van der Waals surface area contributed by atoms with E-state index in [1.807, 2.05) is 37.4 Å². The number of H-pyrrole nitrogens is 1. The molecule has 3 rings (SSSR count). The van der Waals surface area contributed by atoms with Gasteiger partial charge < -0.3 is 24.7 Å². The van der Waals surface area contributed by atoms with Crippen LogP contribution >= 0.6 is 0 Å². The van der Waals surface area contributed by atoms with E-state index in [0.717, 1.165) is 16.6 Å². The molecule has 0 radical (unpaired) electrons. The minimum atomic E-state index is -0.355. The number of nitrogens with zero attached hydrogens (tertiary/aromatic N) is 1. The van der Waals surface area contributed by atoms with Gasteiger partial charge in [0.2, 0.25) is 5.91 Å². The second-order valence-corrected chi connectivity index (χ2v) is 6.14.